The summed E-state index contributed by atoms with van der Waals surface area (Å²) in [6.45, 7) is 11.4. The smallest absolute Gasteiger partial charge is 0.121 e. The van der Waals surface area contributed by atoms with E-state index in [9.17, 15) is 0 Å². The molecule has 1 aliphatic heterocycles. The highest BCUT2D eigenvalue weighted by Gasteiger charge is 2.29. The van der Waals surface area contributed by atoms with E-state index in [1.165, 1.54) is 11.4 Å². The molecule has 0 unspecified atom stereocenters. The van der Waals surface area contributed by atoms with E-state index >= 15 is 0 Å². The third kappa shape index (κ3) is 3.62. The molecule has 0 fully saturated rings. The van der Waals surface area contributed by atoms with Crippen LogP contribution in [0, 0.1) is 0 Å². The number of ether oxygens (including phenoxy) is 1. The maximum Gasteiger partial charge on any atom is 0.121 e. The van der Waals surface area contributed by atoms with Crippen molar-refractivity contribution < 1.29 is 4.74 Å². The largest absolute Gasteiger partial charge is 0.494 e. The SMILES string of the molecule is CC(C)N1CN(C(C)C)c2cc(OCCCCN)ccc21. The molecule has 1 aromatic carbocycles. The molecule has 0 amide bonds. The molecule has 0 saturated carbocycles. The Morgan fingerprint density at radius 3 is 2.33 bits per heavy atom. The van der Waals surface area contributed by atoms with Crippen molar-refractivity contribution in [3.05, 3.63) is 18.2 Å². The highest BCUT2D eigenvalue weighted by atomic mass is 16.5. The molecule has 4 nitrogen and oxygen atoms in total. The predicted octanol–water partition coefficient (Wildman–Crippen LogP) is 3.21. The van der Waals surface area contributed by atoms with Gasteiger partial charge in [0.2, 0.25) is 0 Å². The Labute approximate surface area is 128 Å². The molecule has 0 spiro atoms. The van der Waals surface area contributed by atoms with Gasteiger partial charge in [-0.25, -0.2) is 0 Å². The number of anilines is 2. The maximum absolute atomic E-state index is 5.86. The van der Waals surface area contributed by atoms with Crippen LogP contribution < -0.4 is 20.3 Å². The first-order valence-electron chi connectivity index (χ1n) is 8.04. The van der Waals surface area contributed by atoms with Crippen LogP contribution in [-0.4, -0.2) is 31.9 Å². The second kappa shape index (κ2) is 7.03. The summed E-state index contributed by atoms with van der Waals surface area (Å²) in [6, 6.07) is 7.44. The van der Waals surface area contributed by atoms with Gasteiger partial charge in [-0.2, -0.15) is 0 Å². The number of unbranched alkanes of at least 4 members (excludes halogenated alkanes) is 1. The van der Waals surface area contributed by atoms with E-state index in [0.717, 1.165) is 38.4 Å². The van der Waals surface area contributed by atoms with Gasteiger partial charge in [-0.15, -0.1) is 0 Å². The number of rotatable bonds is 7. The fourth-order valence-electron chi connectivity index (χ4n) is 2.70. The van der Waals surface area contributed by atoms with E-state index in [1.807, 2.05) is 0 Å². The van der Waals surface area contributed by atoms with Crippen LogP contribution in [0.25, 0.3) is 0 Å². The summed E-state index contributed by atoms with van der Waals surface area (Å²) in [5.74, 6) is 0.960. The van der Waals surface area contributed by atoms with Crippen molar-refractivity contribution >= 4 is 11.4 Å². The predicted molar refractivity (Wildman–Crippen MR) is 90.3 cm³/mol. The number of nitrogens with zero attached hydrogens (tertiary/aromatic N) is 2. The van der Waals surface area contributed by atoms with Gasteiger partial charge in [0, 0.05) is 18.2 Å². The normalized spacial score (nSPS) is 14.2. The minimum atomic E-state index is 0.486. The Bertz CT molecular complexity index is 459. The van der Waals surface area contributed by atoms with Crippen LogP contribution in [0.3, 0.4) is 0 Å². The Morgan fingerprint density at radius 1 is 1.05 bits per heavy atom. The molecule has 1 heterocycles. The second-order valence-corrected chi connectivity index (χ2v) is 6.26. The minimum Gasteiger partial charge on any atom is -0.494 e. The van der Waals surface area contributed by atoms with E-state index in [0.29, 0.717) is 12.1 Å². The summed E-state index contributed by atoms with van der Waals surface area (Å²) in [5, 5.41) is 0. The van der Waals surface area contributed by atoms with Crippen molar-refractivity contribution in [3.63, 3.8) is 0 Å². The molecule has 1 aliphatic rings. The number of hydrogen-bond donors (Lipinski definition) is 1. The van der Waals surface area contributed by atoms with Crippen molar-refractivity contribution in [2.24, 2.45) is 5.73 Å². The molecule has 1 aromatic rings. The molecule has 0 aromatic heterocycles. The molecule has 0 atom stereocenters. The van der Waals surface area contributed by atoms with Crippen molar-refractivity contribution in [2.45, 2.75) is 52.6 Å². The lowest BCUT2D eigenvalue weighted by Gasteiger charge is -2.27. The number of fused-ring (bicyclic) bond motifs is 1. The molecule has 0 radical (unpaired) electrons. The van der Waals surface area contributed by atoms with Gasteiger partial charge < -0.3 is 20.3 Å². The lowest BCUT2D eigenvalue weighted by atomic mass is 10.2. The number of hydrogen-bond acceptors (Lipinski definition) is 4. The van der Waals surface area contributed by atoms with Gasteiger partial charge in [-0.05, 0) is 59.2 Å². The Hall–Kier alpha value is -1.42. The average Bonchev–Trinajstić information content (AvgIpc) is 2.82. The molecule has 118 valence electrons. The third-order valence-corrected chi connectivity index (χ3v) is 3.98. The van der Waals surface area contributed by atoms with Crippen molar-refractivity contribution in [1.29, 1.82) is 0 Å². The summed E-state index contributed by atoms with van der Waals surface area (Å²) in [6.07, 6.45) is 2.03. The average molecular weight is 291 g/mol. The first-order chi connectivity index (χ1) is 10.0. The van der Waals surface area contributed by atoms with E-state index in [-0.39, 0.29) is 0 Å². The molecule has 21 heavy (non-hydrogen) atoms. The van der Waals surface area contributed by atoms with Crippen LogP contribution >= 0.6 is 0 Å². The molecule has 2 rings (SSSR count). The van der Waals surface area contributed by atoms with Gasteiger partial charge in [0.15, 0.2) is 0 Å². The Kier molecular flexibility index (Phi) is 5.34. The summed E-state index contributed by atoms with van der Waals surface area (Å²) >= 11 is 0. The van der Waals surface area contributed by atoms with E-state index in [2.05, 4.69) is 55.7 Å². The van der Waals surface area contributed by atoms with Gasteiger partial charge in [0.25, 0.3) is 0 Å². The molecule has 4 heteroatoms. The van der Waals surface area contributed by atoms with Crippen LogP contribution in [0.1, 0.15) is 40.5 Å². The van der Waals surface area contributed by atoms with Gasteiger partial charge in [0.05, 0.1) is 24.7 Å². The summed E-state index contributed by atoms with van der Waals surface area (Å²) in [5.41, 5.74) is 8.11. The fourth-order valence-corrected chi connectivity index (χ4v) is 2.70. The van der Waals surface area contributed by atoms with E-state index < -0.39 is 0 Å². The monoisotopic (exact) mass is 291 g/mol. The standard InChI is InChI=1S/C17H29N3O/c1-13(2)19-12-20(14(3)4)17-11-15(7-8-16(17)19)21-10-6-5-9-18/h7-8,11,13-14H,5-6,9-10,12,18H2,1-4H3. The maximum atomic E-state index is 5.86. The van der Waals surface area contributed by atoms with Gasteiger partial charge >= 0.3 is 0 Å². The van der Waals surface area contributed by atoms with E-state index in [4.69, 9.17) is 10.5 Å². The zero-order valence-electron chi connectivity index (χ0n) is 13.8. The molecular formula is C17H29N3O. The van der Waals surface area contributed by atoms with Crippen LogP contribution in [0.2, 0.25) is 0 Å². The highest BCUT2D eigenvalue weighted by molar-refractivity contribution is 5.78. The van der Waals surface area contributed by atoms with Crippen molar-refractivity contribution in [1.82, 2.24) is 0 Å². The quantitative estimate of drug-likeness (QED) is 0.783. The molecule has 0 saturated heterocycles. The Morgan fingerprint density at radius 2 is 1.71 bits per heavy atom. The lowest BCUT2D eigenvalue weighted by molar-refractivity contribution is 0.308. The van der Waals surface area contributed by atoms with Crippen LogP contribution in [0.5, 0.6) is 5.75 Å². The number of nitrogens with two attached hydrogens (primary N) is 1. The first kappa shape index (κ1) is 16.0. The lowest BCUT2D eigenvalue weighted by Crippen LogP contribution is -2.38. The van der Waals surface area contributed by atoms with Crippen molar-refractivity contribution in [2.75, 3.05) is 29.6 Å². The Balaban J connectivity index is 2.14. The van der Waals surface area contributed by atoms with Gasteiger partial charge in [0.1, 0.15) is 5.75 Å². The molecule has 0 bridgehead atoms. The topological polar surface area (TPSA) is 41.7 Å². The summed E-state index contributed by atoms with van der Waals surface area (Å²) in [4.78, 5) is 4.87. The summed E-state index contributed by atoms with van der Waals surface area (Å²) < 4.78 is 5.86. The fraction of sp³-hybridized carbons (Fsp3) is 0.647. The third-order valence-electron chi connectivity index (χ3n) is 3.98. The summed E-state index contributed by atoms with van der Waals surface area (Å²) in [7, 11) is 0. The van der Waals surface area contributed by atoms with Crippen LogP contribution in [0.4, 0.5) is 11.4 Å². The molecule has 2 N–H and O–H groups in total. The van der Waals surface area contributed by atoms with Crippen LogP contribution in [-0.2, 0) is 0 Å². The van der Waals surface area contributed by atoms with Gasteiger partial charge in [-0.3, -0.25) is 0 Å². The van der Waals surface area contributed by atoms with Crippen LogP contribution in [0.15, 0.2) is 18.2 Å². The zero-order valence-corrected chi connectivity index (χ0v) is 13.8. The molecule has 0 aliphatic carbocycles. The second-order valence-electron chi connectivity index (χ2n) is 6.26. The molecular weight excluding hydrogens is 262 g/mol. The van der Waals surface area contributed by atoms with Gasteiger partial charge in [-0.1, -0.05) is 0 Å². The number of benzene rings is 1. The highest BCUT2D eigenvalue weighted by Crippen LogP contribution is 2.40. The van der Waals surface area contributed by atoms with E-state index in [1.54, 1.807) is 0 Å². The minimum absolute atomic E-state index is 0.486. The zero-order chi connectivity index (χ0) is 15.4. The van der Waals surface area contributed by atoms with Crippen molar-refractivity contribution in [3.8, 4) is 5.75 Å². The first-order valence-corrected chi connectivity index (χ1v) is 8.04.